The average molecular weight is 742 g/mol. The minimum Gasteiger partial charge on any atom is -0.406 e. The summed E-state index contributed by atoms with van der Waals surface area (Å²) in [6, 6.07) is 18.0. The number of hydrogen-bond donors (Lipinski definition) is 1. The van der Waals surface area contributed by atoms with Crippen LogP contribution in [0.15, 0.2) is 82.5 Å². The van der Waals surface area contributed by atoms with E-state index in [9.17, 15) is 22.8 Å². The van der Waals surface area contributed by atoms with Gasteiger partial charge in [-0.2, -0.15) is 4.99 Å². The Kier molecular flexibility index (Phi) is 10.7. The van der Waals surface area contributed by atoms with Crippen molar-refractivity contribution in [2.75, 3.05) is 10.7 Å². The number of urea groups is 1. The number of benzene rings is 3. The van der Waals surface area contributed by atoms with Gasteiger partial charge in [-0.1, -0.05) is 71.9 Å². The van der Waals surface area contributed by atoms with Crippen LogP contribution in [0.2, 0.25) is 0 Å². The van der Waals surface area contributed by atoms with Crippen molar-refractivity contribution < 1.29 is 27.5 Å². The van der Waals surface area contributed by atoms with E-state index in [1.807, 2.05) is 62.4 Å². The summed E-state index contributed by atoms with van der Waals surface area (Å²) >= 11 is 4.85. The van der Waals surface area contributed by atoms with Gasteiger partial charge in [0.25, 0.3) is 0 Å². The SMILES string of the molecule is Cc1ccc(C(C)C)c(N2C(=O)CSC2=NC(=O)NC(C)CC(Br)=Cc2cccc(-c3ncn(-c4ccc(OC(F)(F)F)cc4)n3)c2)c1. The number of aryl methyl sites for hydroxylation is 1. The van der Waals surface area contributed by atoms with Crippen molar-refractivity contribution in [2.24, 2.45) is 4.99 Å². The lowest BCUT2D eigenvalue weighted by atomic mass is 9.99. The van der Waals surface area contributed by atoms with Gasteiger partial charge in [-0.15, -0.1) is 18.3 Å². The number of ether oxygens (including phenoxy) is 1. The van der Waals surface area contributed by atoms with Crippen molar-refractivity contribution in [1.82, 2.24) is 20.1 Å². The van der Waals surface area contributed by atoms with E-state index < -0.39 is 12.4 Å². The lowest BCUT2D eigenvalue weighted by Gasteiger charge is -2.22. The van der Waals surface area contributed by atoms with Crippen LogP contribution in [0.4, 0.5) is 23.7 Å². The van der Waals surface area contributed by atoms with E-state index in [4.69, 9.17) is 0 Å². The number of halogens is 4. The Hall–Kier alpha value is -4.43. The van der Waals surface area contributed by atoms with Gasteiger partial charge in [0.1, 0.15) is 12.1 Å². The molecular formula is C34H32BrF3N6O3S. The third-order valence-corrected chi connectivity index (χ3v) is 8.65. The summed E-state index contributed by atoms with van der Waals surface area (Å²) in [5, 5.41) is 7.72. The predicted molar refractivity (Wildman–Crippen MR) is 186 cm³/mol. The van der Waals surface area contributed by atoms with E-state index in [2.05, 4.69) is 54.9 Å². The highest BCUT2D eigenvalue weighted by atomic mass is 79.9. The van der Waals surface area contributed by atoms with Gasteiger partial charge < -0.3 is 10.1 Å². The standard InChI is InChI=1S/C34H32BrF3N6O3S/c1-20(2)28-13-8-21(3)14-29(28)44-30(45)18-48-33(44)41-32(46)40-22(4)15-25(35)17-23-6-5-7-24(16-23)31-39-19-43(42-31)26-9-11-27(12-10-26)47-34(36,37)38/h5-14,16-17,19-20,22H,15,18H2,1-4H3,(H,40,46). The molecule has 14 heteroatoms. The van der Waals surface area contributed by atoms with E-state index >= 15 is 0 Å². The fraction of sp³-hybridized carbons (Fsp3) is 0.265. The Balaban J connectivity index is 1.22. The third-order valence-electron chi connectivity index (χ3n) is 7.18. The molecule has 48 heavy (non-hydrogen) atoms. The number of aromatic nitrogens is 3. The second-order valence-electron chi connectivity index (χ2n) is 11.5. The van der Waals surface area contributed by atoms with Crippen molar-refractivity contribution >= 4 is 56.6 Å². The van der Waals surface area contributed by atoms with E-state index in [-0.39, 0.29) is 29.4 Å². The van der Waals surface area contributed by atoms with Gasteiger partial charge in [0.05, 0.1) is 17.1 Å². The summed E-state index contributed by atoms with van der Waals surface area (Å²) < 4.78 is 43.6. The van der Waals surface area contributed by atoms with Crippen molar-refractivity contribution in [3.8, 4) is 22.8 Å². The number of nitrogens with one attached hydrogen (secondary N) is 1. The van der Waals surface area contributed by atoms with E-state index in [0.717, 1.165) is 32.4 Å². The Bertz CT molecular complexity index is 1870. The molecule has 1 atom stereocenters. The molecule has 1 aromatic heterocycles. The maximum Gasteiger partial charge on any atom is 0.573 e. The molecule has 0 radical (unpaired) electrons. The van der Waals surface area contributed by atoms with Crippen molar-refractivity contribution in [3.05, 3.63) is 94.2 Å². The molecule has 0 bridgehead atoms. The average Bonchev–Trinajstić information content (AvgIpc) is 3.63. The second kappa shape index (κ2) is 14.8. The van der Waals surface area contributed by atoms with Gasteiger partial charge in [0.2, 0.25) is 5.91 Å². The van der Waals surface area contributed by atoms with Crippen LogP contribution in [0.5, 0.6) is 5.75 Å². The van der Waals surface area contributed by atoms with Gasteiger partial charge in [-0.3, -0.25) is 9.69 Å². The topological polar surface area (TPSA) is 102 Å². The Morgan fingerprint density at radius 3 is 2.58 bits per heavy atom. The Morgan fingerprint density at radius 1 is 1.12 bits per heavy atom. The van der Waals surface area contributed by atoms with Crippen LogP contribution < -0.4 is 15.0 Å². The van der Waals surface area contributed by atoms with Crippen LogP contribution in [0.3, 0.4) is 0 Å². The Morgan fingerprint density at radius 2 is 1.88 bits per heavy atom. The second-order valence-corrected chi connectivity index (χ2v) is 13.4. The van der Waals surface area contributed by atoms with Gasteiger partial charge in [-0.25, -0.2) is 14.5 Å². The van der Waals surface area contributed by atoms with E-state index in [0.29, 0.717) is 23.1 Å². The molecule has 3 amide bonds. The molecule has 1 N–H and O–H groups in total. The molecule has 4 aromatic rings. The molecule has 0 saturated carbocycles. The fourth-order valence-corrected chi connectivity index (χ4v) is 6.63. The maximum absolute atomic E-state index is 12.9. The van der Waals surface area contributed by atoms with E-state index in [1.54, 1.807) is 4.90 Å². The normalized spacial score (nSPS) is 15.4. The lowest BCUT2D eigenvalue weighted by Crippen LogP contribution is -2.34. The number of amidine groups is 1. The maximum atomic E-state index is 12.9. The summed E-state index contributed by atoms with van der Waals surface area (Å²) in [6.07, 6.45) is -0.888. The molecular weight excluding hydrogens is 709 g/mol. The zero-order chi connectivity index (χ0) is 34.6. The summed E-state index contributed by atoms with van der Waals surface area (Å²) in [4.78, 5) is 36.0. The molecule has 1 saturated heterocycles. The lowest BCUT2D eigenvalue weighted by molar-refractivity contribution is -0.274. The first kappa shape index (κ1) is 34.9. The highest BCUT2D eigenvalue weighted by molar-refractivity contribution is 9.11. The van der Waals surface area contributed by atoms with Crippen LogP contribution in [0, 0.1) is 6.92 Å². The number of anilines is 1. The molecule has 1 unspecified atom stereocenters. The summed E-state index contributed by atoms with van der Waals surface area (Å²) in [7, 11) is 0. The molecule has 9 nitrogen and oxygen atoms in total. The number of thioether (sulfide) groups is 1. The highest BCUT2D eigenvalue weighted by Crippen LogP contribution is 2.34. The van der Waals surface area contributed by atoms with Gasteiger partial charge in [0.15, 0.2) is 11.0 Å². The molecule has 3 aromatic carbocycles. The number of aliphatic imine (C=N–C) groups is 1. The zero-order valence-electron chi connectivity index (χ0n) is 26.5. The van der Waals surface area contributed by atoms with Crippen LogP contribution >= 0.6 is 27.7 Å². The van der Waals surface area contributed by atoms with E-state index in [1.165, 1.54) is 47.0 Å². The fourth-order valence-electron chi connectivity index (χ4n) is 5.02. The highest BCUT2D eigenvalue weighted by Gasteiger charge is 2.33. The first-order chi connectivity index (χ1) is 22.8. The van der Waals surface area contributed by atoms with Gasteiger partial charge in [0, 0.05) is 11.6 Å². The van der Waals surface area contributed by atoms with Gasteiger partial charge >= 0.3 is 12.4 Å². The zero-order valence-corrected chi connectivity index (χ0v) is 28.9. The van der Waals surface area contributed by atoms with Crippen LogP contribution in [0.1, 0.15) is 49.8 Å². The number of rotatable bonds is 9. The molecule has 0 spiro atoms. The van der Waals surface area contributed by atoms with Gasteiger partial charge in [-0.05, 0) is 89.8 Å². The number of hydrogen-bond acceptors (Lipinski definition) is 6. The van der Waals surface area contributed by atoms with Crippen molar-refractivity contribution in [2.45, 2.75) is 52.4 Å². The number of carbonyl (C=O) groups excluding carboxylic acids is 2. The van der Waals surface area contributed by atoms with Crippen molar-refractivity contribution in [1.29, 1.82) is 0 Å². The summed E-state index contributed by atoms with van der Waals surface area (Å²) in [6.45, 7) is 7.95. The smallest absolute Gasteiger partial charge is 0.406 e. The molecule has 1 fully saturated rings. The quantitative estimate of drug-likeness (QED) is 0.184. The van der Waals surface area contributed by atoms with Crippen LogP contribution in [-0.4, -0.2) is 50.0 Å². The van der Waals surface area contributed by atoms with Crippen molar-refractivity contribution in [3.63, 3.8) is 0 Å². The van der Waals surface area contributed by atoms with Crippen LogP contribution in [0.25, 0.3) is 23.2 Å². The molecule has 1 aliphatic heterocycles. The van der Waals surface area contributed by atoms with Crippen LogP contribution in [-0.2, 0) is 4.79 Å². The molecule has 5 rings (SSSR count). The minimum atomic E-state index is -4.77. The largest absolute Gasteiger partial charge is 0.573 e. The molecule has 2 heterocycles. The third kappa shape index (κ3) is 8.92. The molecule has 250 valence electrons. The first-order valence-electron chi connectivity index (χ1n) is 15.0. The Labute approximate surface area is 288 Å². The first-order valence-corrected chi connectivity index (χ1v) is 16.7. The number of alkyl halides is 3. The summed E-state index contributed by atoms with van der Waals surface area (Å²) in [5.74, 6) is 0.386. The minimum absolute atomic E-state index is 0.115. The number of carbonyl (C=O) groups is 2. The monoisotopic (exact) mass is 740 g/mol. The summed E-state index contributed by atoms with van der Waals surface area (Å²) in [5.41, 5.74) is 4.89. The molecule has 1 aliphatic rings. The number of nitrogens with zero attached hydrogens (tertiary/aromatic N) is 5. The molecule has 0 aliphatic carbocycles. The number of amides is 3. The predicted octanol–water partition coefficient (Wildman–Crippen LogP) is 8.62.